The van der Waals surface area contributed by atoms with Gasteiger partial charge in [-0.1, -0.05) is 0 Å². The second-order valence-corrected chi connectivity index (χ2v) is 9.51. The van der Waals surface area contributed by atoms with Crippen molar-refractivity contribution in [3.63, 3.8) is 0 Å². The second-order valence-electron chi connectivity index (χ2n) is 8.27. The number of hydrogen-bond acceptors (Lipinski definition) is 6. The number of rotatable bonds is 8. The standard InChI is InChI=1S/C24H28IN7O2/c1-15-18(23(29-31(15)5)24(33)30(3)4)10-11-34-20-12-17(25)7-8-19(20)16-6-9-21-27-28-22(13-26-2)32(21)14-16/h6-9,12,14,26H,10-11,13H2,1-5H3. The highest BCUT2D eigenvalue weighted by atomic mass is 127. The molecular weight excluding hydrogens is 545 g/mol. The number of halogens is 1. The molecule has 0 spiro atoms. The molecule has 0 radical (unpaired) electrons. The van der Waals surface area contributed by atoms with Gasteiger partial charge in [-0.3, -0.25) is 13.9 Å². The molecule has 10 heteroatoms. The first-order valence-corrected chi connectivity index (χ1v) is 12.0. The van der Waals surface area contributed by atoms with Crippen LogP contribution in [-0.2, 0) is 20.0 Å². The van der Waals surface area contributed by atoms with Gasteiger partial charge in [-0.15, -0.1) is 10.2 Å². The van der Waals surface area contributed by atoms with Crippen molar-refractivity contribution >= 4 is 34.1 Å². The average Bonchev–Trinajstić information content (AvgIpc) is 3.34. The van der Waals surface area contributed by atoms with E-state index in [1.165, 1.54) is 0 Å². The Bertz CT molecular complexity index is 1340. The van der Waals surface area contributed by atoms with Gasteiger partial charge < -0.3 is 15.0 Å². The Kier molecular flexibility index (Phi) is 7.17. The van der Waals surface area contributed by atoms with Gasteiger partial charge in [0.2, 0.25) is 0 Å². The molecule has 4 aromatic rings. The third-order valence-corrected chi connectivity index (χ3v) is 6.41. The van der Waals surface area contributed by atoms with Gasteiger partial charge in [-0.25, -0.2) is 0 Å². The fourth-order valence-corrected chi connectivity index (χ4v) is 4.29. The largest absolute Gasteiger partial charge is 0.493 e. The Morgan fingerprint density at radius 3 is 2.74 bits per heavy atom. The maximum Gasteiger partial charge on any atom is 0.274 e. The number of pyridine rings is 1. The molecule has 4 rings (SSSR count). The van der Waals surface area contributed by atoms with Crippen molar-refractivity contribution in [2.75, 3.05) is 27.7 Å². The molecule has 0 aliphatic rings. The van der Waals surface area contributed by atoms with Crippen molar-refractivity contribution in [3.8, 4) is 16.9 Å². The summed E-state index contributed by atoms with van der Waals surface area (Å²) in [5.74, 6) is 1.53. The van der Waals surface area contributed by atoms with Crippen LogP contribution in [-0.4, -0.2) is 62.9 Å². The van der Waals surface area contributed by atoms with Crippen LogP contribution < -0.4 is 10.1 Å². The minimum absolute atomic E-state index is 0.103. The van der Waals surface area contributed by atoms with E-state index in [9.17, 15) is 4.79 Å². The molecule has 0 saturated heterocycles. The highest BCUT2D eigenvalue weighted by Crippen LogP contribution is 2.32. The number of ether oxygens (including phenoxy) is 1. The SMILES string of the molecule is CNCc1nnc2ccc(-c3ccc(I)cc3OCCc3c(C(=O)N(C)C)nn(C)c3C)cn12. The zero-order chi connectivity index (χ0) is 24.4. The molecule has 1 aromatic carbocycles. The van der Waals surface area contributed by atoms with Gasteiger partial charge in [-0.05, 0) is 66.9 Å². The summed E-state index contributed by atoms with van der Waals surface area (Å²) in [6, 6.07) is 10.1. The average molecular weight is 573 g/mol. The third-order valence-electron chi connectivity index (χ3n) is 5.74. The maximum absolute atomic E-state index is 12.6. The molecule has 3 heterocycles. The van der Waals surface area contributed by atoms with Crippen molar-refractivity contribution in [2.24, 2.45) is 7.05 Å². The fourth-order valence-electron chi connectivity index (χ4n) is 3.83. The molecule has 0 unspecified atom stereocenters. The van der Waals surface area contributed by atoms with E-state index in [4.69, 9.17) is 4.74 Å². The van der Waals surface area contributed by atoms with Crippen LogP contribution in [0.4, 0.5) is 0 Å². The number of amides is 1. The number of carbonyl (C=O) groups is 1. The van der Waals surface area contributed by atoms with E-state index < -0.39 is 0 Å². The Balaban J connectivity index is 1.61. The van der Waals surface area contributed by atoms with Crippen LogP contribution >= 0.6 is 22.6 Å². The van der Waals surface area contributed by atoms with Crippen LogP contribution in [0.3, 0.4) is 0 Å². The second kappa shape index (κ2) is 10.1. The summed E-state index contributed by atoms with van der Waals surface area (Å²) in [6.07, 6.45) is 2.62. The molecule has 9 nitrogen and oxygen atoms in total. The molecule has 0 aliphatic carbocycles. The zero-order valence-corrected chi connectivity index (χ0v) is 22.1. The minimum Gasteiger partial charge on any atom is -0.493 e. The summed E-state index contributed by atoms with van der Waals surface area (Å²) in [7, 11) is 7.21. The number of nitrogens with zero attached hydrogens (tertiary/aromatic N) is 6. The number of carbonyl (C=O) groups excluding carboxylic acids is 1. The Morgan fingerprint density at radius 1 is 1.21 bits per heavy atom. The third kappa shape index (κ3) is 4.78. The van der Waals surface area contributed by atoms with Crippen molar-refractivity contribution in [2.45, 2.75) is 19.9 Å². The van der Waals surface area contributed by atoms with Crippen LogP contribution in [0.5, 0.6) is 5.75 Å². The lowest BCUT2D eigenvalue weighted by atomic mass is 10.1. The van der Waals surface area contributed by atoms with Crippen LogP contribution in [0.25, 0.3) is 16.8 Å². The fraction of sp³-hybridized carbons (Fsp3) is 0.333. The minimum atomic E-state index is -0.103. The Labute approximate surface area is 212 Å². The van der Waals surface area contributed by atoms with E-state index in [1.807, 2.05) is 49.8 Å². The number of fused-ring (bicyclic) bond motifs is 1. The molecule has 0 bridgehead atoms. The molecule has 0 saturated carbocycles. The lowest BCUT2D eigenvalue weighted by molar-refractivity contribution is 0.0820. The maximum atomic E-state index is 12.6. The first-order chi connectivity index (χ1) is 16.3. The smallest absolute Gasteiger partial charge is 0.274 e. The van der Waals surface area contributed by atoms with Crippen LogP contribution in [0, 0.1) is 10.5 Å². The van der Waals surface area contributed by atoms with Gasteiger partial charge in [0.25, 0.3) is 5.91 Å². The molecular formula is C24H28IN7O2. The normalized spacial score (nSPS) is 11.2. The van der Waals surface area contributed by atoms with Crippen molar-refractivity contribution in [1.82, 2.24) is 34.6 Å². The van der Waals surface area contributed by atoms with Crippen molar-refractivity contribution in [1.29, 1.82) is 0 Å². The lowest BCUT2D eigenvalue weighted by Gasteiger charge is -2.14. The quantitative estimate of drug-likeness (QED) is 0.326. The molecule has 0 fully saturated rings. The summed E-state index contributed by atoms with van der Waals surface area (Å²) in [5, 5.41) is 16.1. The van der Waals surface area contributed by atoms with E-state index in [1.54, 1.807) is 23.7 Å². The molecule has 178 valence electrons. The summed E-state index contributed by atoms with van der Waals surface area (Å²) in [6.45, 7) is 3.02. The van der Waals surface area contributed by atoms with Gasteiger partial charge in [0.05, 0.1) is 13.2 Å². The molecule has 1 amide bonds. The highest BCUT2D eigenvalue weighted by Gasteiger charge is 2.21. The number of aromatic nitrogens is 5. The van der Waals surface area contributed by atoms with Gasteiger partial charge in [0, 0.05) is 59.7 Å². The van der Waals surface area contributed by atoms with E-state index in [-0.39, 0.29) is 5.91 Å². The number of benzene rings is 1. The monoisotopic (exact) mass is 573 g/mol. The lowest BCUT2D eigenvalue weighted by Crippen LogP contribution is -2.23. The molecule has 0 aliphatic heterocycles. The summed E-state index contributed by atoms with van der Waals surface area (Å²) >= 11 is 2.29. The van der Waals surface area contributed by atoms with E-state index in [0.29, 0.717) is 25.3 Å². The summed E-state index contributed by atoms with van der Waals surface area (Å²) in [5.41, 5.74) is 5.15. The van der Waals surface area contributed by atoms with E-state index >= 15 is 0 Å². The topological polar surface area (TPSA) is 89.6 Å². The molecule has 34 heavy (non-hydrogen) atoms. The Morgan fingerprint density at radius 2 is 2.00 bits per heavy atom. The van der Waals surface area contributed by atoms with Crippen molar-refractivity contribution in [3.05, 3.63) is 62.9 Å². The molecule has 3 aromatic heterocycles. The first kappa shape index (κ1) is 24.1. The molecule has 0 atom stereocenters. The van der Waals surface area contributed by atoms with Gasteiger partial charge in [0.15, 0.2) is 17.2 Å². The summed E-state index contributed by atoms with van der Waals surface area (Å²) < 4.78 is 11.1. The zero-order valence-electron chi connectivity index (χ0n) is 20.0. The van der Waals surface area contributed by atoms with Gasteiger partial charge in [-0.2, -0.15) is 5.10 Å². The van der Waals surface area contributed by atoms with Gasteiger partial charge >= 0.3 is 0 Å². The number of aryl methyl sites for hydroxylation is 1. The van der Waals surface area contributed by atoms with Crippen LogP contribution in [0.1, 0.15) is 27.6 Å². The molecule has 1 N–H and O–H groups in total. The Hall–Kier alpha value is -2.99. The van der Waals surface area contributed by atoms with Crippen molar-refractivity contribution < 1.29 is 9.53 Å². The van der Waals surface area contributed by atoms with Crippen LogP contribution in [0.2, 0.25) is 0 Å². The summed E-state index contributed by atoms with van der Waals surface area (Å²) in [4.78, 5) is 14.1. The van der Waals surface area contributed by atoms with Crippen LogP contribution in [0.15, 0.2) is 36.5 Å². The predicted octanol–water partition coefficient (Wildman–Crippen LogP) is 3.09. The van der Waals surface area contributed by atoms with E-state index in [0.717, 1.165) is 43.2 Å². The van der Waals surface area contributed by atoms with Gasteiger partial charge in [0.1, 0.15) is 5.75 Å². The predicted molar refractivity (Wildman–Crippen MR) is 139 cm³/mol. The first-order valence-electron chi connectivity index (χ1n) is 10.9. The number of nitrogens with one attached hydrogen (secondary N) is 1. The number of hydrogen-bond donors (Lipinski definition) is 1. The van der Waals surface area contributed by atoms with E-state index in [2.05, 4.69) is 55.3 Å². The highest BCUT2D eigenvalue weighted by molar-refractivity contribution is 14.1.